The van der Waals surface area contributed by atoms with E-state index in [1.165, 1.54) is 51.0 Å². The maximum Gasteiger partial charge on any atom is 0.534 e. The van der Waals surface area contributed by atoms with Crippen molar-refractivity contribution in [2.24, 2.45) is 0 Å². The third-order valence-electron chi connectivity index (χ3n) is 17.1. The summed E-state index contributed by atoms with van der Waals surface area (Å²) in [6.07, 6.45) is 11.7. The van der Waals surface area contributed by atoms with Gasteiger partial charge in [-0.3, -0.25) is 9.59 Å². The van der Waals surface area contributed by atoms with Crippen LogP contribution in [-0.2, 0) is 65.6 Å². The number of ketones is 1. The van der Waals surface area contributed by atoms with E-state index in [0.29, 0.717) is 111 Å². The van der Waals surface area contributed by atoms with Crippen LogP contribution in [0.5, 0.6) is 29.0 Å². The van der Waals surface area contributed by atoms with Crippen LogP contribution in [0.25, 0.3) is 27.1 Å². The fourth-order valence-electron chi connectivity index (χ4n) is 12.1. The molecule has 12 rings (SSSR count). The Morgan fingerprint density at radius 3 is 1.78 bits per heavy atom. The molecular formula is C69H81F6N7O13S3. The maximum absolute atomic E-state index is 12.5. The van der Waals surface area contributed by atoms with Gasteiger partial charge in [-0.25, -0.2) is 6.57 Å². The fraction of sp³-hybridized carbons (Fsp3) is 0.406. The molecule has 20 nitrogen and oxygen atoms in total. The number of hydrogen-bond acceptors (Lipinski definition) is 18. The molecule has 1 amide bonds. The number of carbonyl (C=O) groups is 2. The Bertz CT molecular complexity index is 4110. The smallest absolute Gasteiger partial charge is 0.497 e. The molecule has 2 saturated heterocycles. The van der Waals surface area contributed by atoms with Gasteiger partial charge in [0, 0.05) is 74.9 Å². The number of ether oxygens (including phenoxy) is 5. The predicted molar refractivity (Wildman–Crippen MR) is 368 cm³/mol. The van der Waals surface area contributed by atoms with E-state index in [2.05, 4.69) is 71.9 Å². The highest BCUT2D eigenvalue weighted by molar-refractivity contribution is 7.88. The van der Waals surface area contributed by atoms with E-state index in [1.54, 1.807) is 43.4 Å². The highest BCUT2D eigenvalue weighted by atomic mass is 32.2. The molecule has 3 aliphatic carbocycles. The highest BCUT2D eigenvalue weighted by Crippen LogP contribution is 2.40. The van der Waals surface area contributed by atoms with Gasteiger partial charge in [-0.1, -0.05) is 50.4 Å². The molecule has 2 fully saturated rings. The molecule has 4 heterocycles. The number of piperazine rings is 1. The maximum atomic E-state index is 12.5. The van der Waals surface area contributed by atoms with Gasteiger partial charge in [-0.05, 0) is 166 Å². The molecule has 0 saturated carbocycles. The lowest BCUT2D eigenvalue weighted by Crippen LogP contribution is -2.56. The van der Waals surface area contributed by atoms with Crippen LogP contribution in [0.4, 0.5) is 37.8 Å². The minimum atomic E-state index is -5.67. The fourth-order valence-corrected chi connectivity index (χ4v) is 13.0. The third kappa shape index (κ3) is 18.1. The molecule has 0 radical (unpaired) electrons. The first-order valence-corrected chi connectivity index (χ1v) is 33.6. The lowest BCUT2D eigenvalue weighted by Gasteiger charge is -2.41. The first-order valence-electron chi connectivity index (χ1n) is 31.8. The van der Waals surface area contributed by atoms with Gasteiger partial charge in [0.1, 0.15) is 53.0 Å². The predicted octanol–water partition coefficient (Wildman–Crippen LogP) is 12.7. The molecule has 0 bridgehead atoms. The van der Waals surface area contributed by atoms with Crippen molar-refractivity contribution in [3.63, 3.8) is 0 Å². The van der Waals surface area contributed by atoms with Gasteiger partial charge in [0.05, 0.1) is 40.7 Å². The Labute approximate surface area is 577 Å². The Balaban J connectivity index is 0.000000231. The number of halogens is 6. The number of fused-ring (bicyclic) bond motifs is 5. The number of benzene rings is 5. The van der Waals surface area contributed by atoms with E-state index < -0.39 is 31.3 Å². The summed E-state index contributed by atoms with van der Waals surface area (Å²) in [6, 6.07) is 28.4. The molecule has 0 N–H and O–H groups in total. The van der Waals surface area contributed by atoms with Crippen LogP contribution in [0.3, 0.4) is 0 Å². The monoisotopic (exact) mass is 1430 g/mol. The van der Waals surface area contributed by atoms with Gasteiger partial charge < -0.3 is 56.5 Å². The number of aromatic nitrogens is 2. The quantitative estimate of drug-likeness (QED) is 0.0308. The number of likely N-dealkylation sites (N-methyl/N-ethyl adjacent to an activating group) is 1. The van der Waals surface area contributed by atoms with Crippen molar-refractivity contribution >= 4 is 79.2 Å². The number of methoxy groups -OCH3 is 4. The SMILES string of the molecule is C.COc1ccc2c(c1)C(=O)CCC2.COc1ccc2c(c1)C(OS(=O)(=O)C(F)(F)F)=CCC2.COc1ccc2c(c1)C(OS(=O)(=O)C(F)(F)F)=CCC2.S.[2H][2H].[C-]#[N+]CC1CN(c2nc(OC[C@@H]3CCCN3C)nc3c2CCN(c2cccc4ccc(OC)cc24)C3)CCN1C(=O)C=C. The summed E-state index contributed by atoms with van der Waals surface area (Å²) in [4.78, 5) is 46.3. The topological polar surface area (TPSA) is 210 Å². The average molecular weight is 1430 g/mol. The van der Waals surface area contributed by atoms with Crippen LogP contribution in [-0.4, -0.2) is 153 Å². The average Bonchev–Trinajstić information content (AvgIpc) is 0.811. The number of rotatable bonds is 15. The zero-order valence-electron chi connectivity index (χ0n) is 56.0. The molecule has 530 valence electrons. The minimum Gasteiger partial charge on any atom is -0.497 e. The van der Waals surface area contributed by atoms with Crippen LogP contribution in [0.15, 0.2) is 116 Å². The van der Waals surface area contributed by atoms with Crippen molar-refractivity contribution in [1.82, 2.24) is 19.8 Å². The molecule has 6 aliphatic rings. The number of carbonyl (C=O) groups excluding carboxylic acids is 2. The van der Waals surface area contributed by atoms with Crippen LogP contribution < -0.4 is 33.5 Å². The van der Waals surface area contributed by atoms with Crippen molar-refractivity contribution in [1.29, 1.82) is 0 Å². The molecule has 3 aliphatic heterocycles. The number of Topliss-reactive ketones (excluding diaryl/α,β-unsaturated/α-hetero) is 1. The Kier molecular flexibility index (Phi) is 25.4. The van der Waals surface area contributed by atoms with E-state index in [1.807, 2.05) is 24.3 Å². The first kappa shape index (κ1) is 75.1. The molecule has 98 heavy (non-hydrogen) atoms. The van der Waals surface area contributed by atoms with Crippen molar-refractivity contribution in [2.45, 2.75) is 101 Å². The normalized spacial score (nSPS) is 17.4. The van der Waals surface area contributed by atoms with Crippen molar-refractivity contribution in [2.75, 3.05) is 91.2 Å². The summed E-state index contributed by atoms with van der Waals surface area (Å²) in [7, 11) is -3.08. The Morgan fingerprint density at radius 2 is 1.24 bits per heavy atom. The first-order chi connectivity index (χ1) is 46.8. The largest absolute Gasteiger partial charge is 0.534 e. The zero-order valence-corrected chi connectivity index (χ0v) is 56.6. The number of anilines is 2. The second kappa shape index (κ2) is 33.2. The van der Waals surface area contributed by atoms with E-state index >= 15 is 0 Å². The summed E-state index contributed by atoms with van der Waals surface area (Å²) >= 11 is 0. The van der Waals surface area contributed by atoms with Gasteiger partial charge in [0.15, 0.2) is 5.78 Å². The molecule has 6 aromatic rings. The van der Waals surface area contributed by atoms with Crippen LogP contribution >= 0.6 is 13.5 Å². The summed E-state index contributed by atoms with van der Waals surface area (Å²) in [5, 5.41) is 2.31. The standard InChI is InChI=1S/C33H39N7O3.2C12H11F3O4S.C11H12O2.CH4.H2S.H2/c1-5-31(41)40-17-16-39(20-25(40)19-34-2)32-27-13-15-38(30-10-6-8-23-11-12-26(42-4)18-28(23)30)21-29(27)35-33(36-32)43-22-24-9-7-14-37(24)3;2*1-18-9-6-5-8-3-2-4-11(10(8)7-9)19-20(16,17)12(13,14)15;1-13-9-6-5-8-3-2-4-11(12)10(8)7-9;;;/h5-6,8,10-12,18,24-25H,1,7,9,13-17,19-22H2,3-4H3;2*4-7H,2-3H2,1H3;5-7H,2-4H2,1H3;1H4;1H2;1H/t24-,25?;;;;;;/m0....../s1/i;;;;;;1+1D. The van der Waals surface area contributed by atoms with Gasteiger partial charge in [0.25, 0.3) is 0 Å². The number of likely N-dealkylation sites (tertiary alicyclic amines) is 1. The minimum absolute atomic E-state index is 0. The van der Waals surface area contributed by atoms with Crippen molar-refractivity contribution in [3.8, 4) is 29.0 Å². The van der Waals surface area contributed by atoms with E-state index in [-0.39, 0.29) is 56.7 Å². The molecule has 1 unspecified atom stereocenters. The number of amides is 1. The summed E-state index contributed by atoms with van der Waals surface area (Å²) in [5.41, 5.74) is -3.67. The van der Waals surface area contributed by atoms with Crippen molar-refractivity contribution < 1.29 is 87.8 Å². The number of hydrogen-bond donors (Lipinski definition) is 0. The highest BCUT2D eigenvalue weighted by Gasteiger charge is 2.50. The Hall–Kier alpha value is -8.72. The number of nitrogens with zero attached hydrogens (tertiary/aromatic N) is 7. The van der Waals surface area contributed by atoms with E-state index in [0.717, 1.165) is 94.9 Å². The molecule has 2 atom stereocenters. The van der Waals surface area contributed by atoms with E-state index in [4.69, 9.17) is 43.2 Å². The van der Waals surface area contributed by atoms with Crippen molar-refractivity contribution in [3.05, 3.63) is 172 Å². The second-order valence-electron chi connectivity index (χ2n) is 23.1. The van der Waals surface area contributed by atoms with E-state index in [9.17, 15) is 52.8 Å². The Morgan fingerprint density at radius 1 is 0.694 bits per heavy atom. The van der Waals surface area contributed by atoms with Crippen LogP contribution in [0.1, 0.15) is 98.4 Å². The van der Waals surface area contributed by atoms with Gasteiger partial charge in [-0.15, -0.1) is 0 Å². The van der Waals surface area contributed by atoms with Gasteiger partial charge in [-0.2, -0.15) is 66.6 Å². The van der Waals surface area contributed by atoms with Crippen LogP contribution in [0.2, 0.25) is 0 Å². The zero-order chi connectivity index (χ0) is 71.1. The van der Waals surface area contributed by atoms with Gasteiger partial charge >= 0.3 is 37.3 Å². The second-order valence-corrected chi connectivity index (χ2v) is 26.2. The summed E-state index contributed by atoms with van der Waals surface area (Å²) < 4.78 is 164. The number of alkyl halides is 6. The third-order valence-corrected chi connectivity index (χ3v) is 19.1. The van der Waals surface area contributed by atoms with Crippen LogP contribution in [0, 0.1) is 6.57 Å². The molecule has 29 heteroatoms. The number of aryl methyl sites for hydroxylation is 3. The number of allylic oxidation sites excluding steroid dienone is 2. The lowest BCUT2D eigenvalue weighted by molar-refractivity contribution is -0.128. The summed E-state index contributed by atoms with van der Waals surface area (Å²) in [6.45, 7) is 16.1. The van der Waals surface area contributed by atoms with Gasteiger partial charge in [0.2, 0.25) is 12.5 Å². The molecule has 1 aromatic heterocycles. The summed E-state index contributed by atoms with van der Waals surface area (Å²) in [5.74, 6) is 2.76. The molecule has 0 spiro atoms. The lowest BCUT2D eigenvalue weighted by atomic mass is 9.91. The molecule has 5 aromatic carbocycles. The molecular weight excluding hydrogens is 1340 g/mol.